The Hall–Kier alpha value is -2.06. The number of hydrogen-bond acceptors (Lipinski definition) is 5. The molecule has 2 amide bonds. The van der Waals surface area contributed by atoms with Crippen LogP contribution in [0.2, 0.25) is 0 Å². The summed E-state index contributed by atoms with van der Waals surface area (Å²) < 4.78 is 6.23. The monoisotopic (exact) mass is 378 g/mol. The molecule has 0 aliphatic carbocycles. The Morgan fingerprint density at radius 3 is 2.74 bits per heavy atom. The second-order valence-electron chi connectivity index (χ2n) is 6.03. The van der Waals surface area contributed by atoms with E-state index in [-0.39, 0.29) is 11.4 Å². The molecular formula is C15H11BrN2O5. The summed E-state index contributed by atoms with van der Waals surface area (Å²) in [6, 6.07) is 4.27. The van der Waals surface area contributed by atoms with Crippen molar-refractivity contribution in [1.29, 1.82) is 0 Å². The smallest absolute Gasteiger partial charge is 0.294 e. The van der Waals surface area contributed by atoms with Crippen LogP contribution in [0, 0.1) is 22.0 Å². The maximum absolute atomic E-state index is 12.8. The van der Waals surface area contributed by atoms with Crippen LogP contribution < -0.4 is 4.90 Å². The van der Waals surface area contributed by atoms with Gasteiger partial charge in [0.2, 0.25) is 11.8 Å². The highest BCUT2D eigenvalue weighted by atomic mass is 79.9. The molecule has 0 saturated carbocycles. The van der Waals surface area contributed by atoms with E-state index in [1.807, 2.05) is 0 Å². The van der Waals surface area contributed by atoms with E-state index in [1.54, 1.807) is 25.1 Å². The first-order valence-electron chi connectivity index (χ1n) is 7.02. The maximum atomic E-state index is 12.8. The summed E-state index contributed by atoms with van der Waals surface area (Å²) in [6.07, 6.45) is 3.14. The number of amides is 2. The normalized spacial score (nSPS) is 34.3. The number of anilines is 1. The molecule has 0 aromatic heterocycles. The van der Waals surface area contributed by atoms with Gasteiger partial charge in [0.1, 0.15) is 5.69 Å². The molecule has 1 aromatic carbocycles. The summed E-state index contributed by atoms with van der Waals surface area (Å²) in [6.45, 7) is 1.76. The van der Waals surface area contributed by atoms with Crippen LogP contribution in [-0.2, 0) is 14.3 Å². The summed E-state index contributed by atoms with van der Waals surface area (Å²) in [5, 5.41) is 11.3. The summed E-state index contributed by atoms with van der Waals surface area (Å²) in [5.41, 5.74) is -1.10. The van der Waals surface area contributed by atoms with Crippen LogP contribution >= 0.6 is 15.9 Å². The Bertz CT molecular complexity index is 807. The summed E-state index contributed by atoms with van der Waals surface area (Å²) in [7, 11) is 0. The highest BCUT2D eigenvalue weighted by molar-refractivity contribution is 9.10. The minimum atomic E-state index is -0.818. The lowest BCUT2D eigenvalue weighted by Crippen LogP contribution is -2.38. The van der Waals surface area contributed by atoms with Crippen molar-refractivity contribution in [3.63, 3.8) is 0 Å². The minimum Gasteiger partial charge on any atom is -0.362 e. The quantitative estimate of drug-likeness (QED) is 0.340. The van der Waals surface area contributed by atoms with E-state index in [1.165, 1.54) is 12.1 Å². The molecule has 3 aliphatic rings. The minimum absolute atomic E-state index is 0.00519. The summed E-state index contributed by atoms with van der Waals surface area (Å²) >= 11 is 3.17. The third-order valence-electron chi connectivity index (χ3n) is 4.70. The molecule has 0 spiro atoms. The number of nitro groups is 1. The lowest BCUT2D eigenvalue weighted by molar-refractivity contribution is -0.384. The largest absolute Gasteiger partial charge is 0.362 e. The Kier molecular flexibility index (Phi) is 2.83. The third kappa shape index (κ3) is 1.79. The Morgan fingerprint density at radius 1 is 1.35 bits per heavy atom. The van der Waals surface area contributed by atoms with Crippen molar-refractivity contribution in [2.24, 2.45) is 11.8 Å². The molecule has 3 aliphatic heterocycles. The molecular weight excluding hydrogens is 368 g/mol. The second-order valence-corrected chi connectivity index (χ2v) is 6.95. The van der Waals surface area contributed by atoms with E-state index in [4.69, 9.17) is 4.74 Å². The van der Waals surface area contributed by atoms with Crippen LogP contribution in [-0.4, -0.2) is 28.4 Å². The molecule has 8 heteroatoms. The number of rotatable bonds is 2. The molecule has 0 radical (unpaired) electrons. The van der Waals surface area contributed by atoms with Crippen molar-refractivity contribution in [2.45, 2.75) is 18.6 Å². The summed E-state index contributed by atoms with van der Waals surface area (Å²) in [4.78, 5) is 37.2. The highest BCUT2D eigenvalue weighted by Crippen LogP contribution is 2.53. The van der Waals surface area contributed by atoms with E-state index in [2.05, 4.69) is 15.9 Å². The van der Waals surface area contributed by atoms with Crippen LogP contribution in [0.1, 0.15) is 6.92 Å². The summed E-state index contributed by atoms with van der Waals surface area (Å²) in [5.74, 6) is -2.13. The van der Waals surface area contributed by atoms with Gasteiger partial charge in [-0.1, -0.05) is 28.1 Å². The number of carbonyl (C=O) groups is 2. The number of imide groups is 1. The first-order chi connectivity index (χ1) is 10.8. The molecule has 118 valence electrons. The van der Waals surface area contributed by atoms with Crippen LogP contribution in [0.4, 0.5) is 11.4 Å². The topological polar surface area (TPSA) is 89.8 Å². The van der Waals surface area contributed by atoms with E-state index in [0.717, 1.165) is 4.90 Å². The van der Waals surface area contributed by atoms with Gasteiger partial charge in [0, 0.05) is 10.5 Å². The van der Waals surface area contributed by atoms with E-state index < -0.39 is 40.3 Å². The molecule has 3 heterocycles. The number of nitrogens with zero attached hydrogens (tertiary/aromatic N) is 2. The third-order valence-corrected chi connectivity index (χ3v) is 5.20. The number of carbonyl (C=O) groups excluding carboxylic acids is 2. The van der Waals surface area contributed by atoms with Gasteiger partial charge in [-0.05, 0) is 19.1 Å². The predicted octanol–water partition coefficient (Wildman–Crippen LogP) is 2.19. The van der Waals surface area contributed by atoms with Gasteiger partial charge in [0.15, 0.2) is 0 Å². The van der Waals surface area contributed by atoms with Crippen molar-refractivity contribution < 1.29 is 19.2 Å². The van der Waals surface area contributed by atoms with Gasteiger partial charge in [-0.3, -0.25) is 19.7 Å². The van der Waals surface area contributed by atoms with Gasteiger partial charge in [-0.25, -0.2) is 4.90 Å². The van der Waals surface area contributed by atoms with E-state index in [0.29, 0.717) is 4.47 Å². The number of nitro benzene ring substituents is 1. The van der Waals surface area contributed by atoms with Crippen molar-refractivity contribution >= 4 is 39.1 Å². The molecule has 1 aromatic rings. The molecule has 7 nitrogen and oxygen atoms in total. The molecule has 0 unspecified atom stereocenters. The number of fused-ring (bicyclic) bond motifs is 5. The highest BCUT2D eigenvalue weighted by Gasteiger charge is 2.66. The van der Waals surface area contributed by atoms with Gasteiger partial charge >= 0.3 is 0 Å². The maximum Gasteiger partial charge on any atom is 0.294 e. The Morgan fingerprint density at radius 2 is 2.09 bits per heavy atom. The van der Waals surface area contributed by atoms with Gasteiger partial charge in [-0.2, -0.15) is 0 Å². The lowest BCUT2D eigenvalue weighted by Gasteiger charge is -2.24. The van der Waals surface area contributed by atoms with Crippen molar-refractivity contribution in [2.75, 3.05) is 4.90 Å². The number of ether oxygens (including phenoxy) is 1. The van der Waals surface area contributed by atoms with Crippen LogP contribution in [0.5, 0.6) is 0 Å². The number of hydrogen-bond donors (Lipinski definition) is 0. The van der Waals surface area contributed by atoms with Gasteiger partial charge in [0.05, 0.1) is 28.5 Å². The fourth-order valence-electron chi connectivity index (χ4n) is 3.72. The Labute approximate surface area is 139 Å². The molecule has 4 atom stereocenters. The average Bonchev–Trinajstić information content (AvgIpc) is 3.09. The fourth-order valence-corrected chi connectivity index (χ4v) is 4.07. The second kappa shape index (κ2) is 4.48. The van der Waals surface area contributed by atoms with Crippen molar-refractivity contribution in [3.8, 4) is 0 Å². The molecule has 2 fully saturated rings. The van der Waals surface area contributed by atoms with Gasteiger partial charge in [0.25, 0.3) is 5.69 Å². The van der Waals surface area contributed by atoms with E-state index in [9.17, 15) is 19.7 Å². The molecule has 4 rings (SSSR count). The standard InChI is InChI=1S/C15H11BrN2O5/c1-15-5-4-10(23-15)11-12(15)14(20)17(13(11)19)8-3-2-7(16)6-9(8)18(21)22/h2-6,10-12H,1H3/t10-,11+,12-,15-/m1/s1. The fraction of sp³-hybridized carbons (Fsp3) is 0.333. The molecule has 23 heavy (non-hydrogen) atoms. The molecule has 2 bridgehead atoms. The average molecular weight is 379 g/mol. The van der Waals surface area contributed by atoms with Crippen molar-refractivity contribution in [3.05, 3.63) is 44.9 Å². The first-order valence-corrected chi connectivity index (χ1v) is 7.82. The molecule has 2 saturated heterocycles. The van der Waals surface area contributed by atoms with Crippen LogP contribution in [0.25, 0.3) is 0 Å². The zero-order valence-corrected chi connectivity index (χ0v) is 13.5. The SMILES string of the molecule is C[C@]12C=C[C@@H](O1)[C@@H]1C(=O)N(c3ccc(Br)cc3[N+](=O)[O-])C(=O)[C@@H]12. The first kappa shape index (κ1) is 14.5. The molecule has 0 N–H and O–H groups in total. The number of benzene rings is 1. The van der Waals surface area contributed by atoms with Crippen molar-refractivity contribution in [1.82, 2.24) is 0 Å². The predicted molar refractivity (Wildman–Crippen MR) is 82.7 cm³/mol. The lowest BCUT2D eigenvalue weighted by atomic mass is 9.78. The van der Waals surface area contributed by atoms with Gasteiger partial charge < -0.3 is 4.74 Å². The Balaban J connectivity index is 1.83. The van der Waals surface area contributed by atoms with Crippen LogP contribution in [0.15, 0.2) is 34.8 Å². The zero-order chi connectivity index (χ0) is 16.5. The number of halogens is 1. The zero-order valence-electron chi connectivity index (χ0n) is 11.9. The van der Waals surface area contributed by atoms with Crippen LogP contribution in [0.3, 0.4) is 0 Å². The van der Waals surface area contributed by atoms with E-state index >= 15 is 0 Å². The van der Waals surface area contributed by atoms with Gasteiger partial charge in [-0.15, -0.1) is 0 Å².